The molecule has 0 amide bonds. The monoisotopic (exact) mass is 187 g/mol. The molecule has 5 heteroatoms. The average Bonchev–Trinajstić information content (AvgIpc) is 2.55. The van der Waals surface area contributed by atoms with Crippen molar-refractivity contribution in [2.75, 3.05) is 5.75 Å². The maximum absolute atomic E-state index is 4.86. The number of aromatic amines is 2. The van der Waals surface area contributed by atoms with Gasteiger partial charge in [0, 0.05) is 0 Å². The summed E-state index contributed by atoms with van der Waals surface area (Å²) in [6.45, 7) is 0. The number of thioether (sulfide) groups is 1. The molecule has 1 fully saturated rings. The summed E-state index contributed by atoms with van der Waals surface area (Å²) < 4.78 is 0.563. The highest BCUT2D eigenvalue weighted by Crippen LogP contribution is 2.37. The standard InChI is InChI=1S/C6H9N3S2/c10-6-7-5(8-9-6)4-2-1-3-11-4/h4H,1-3H2,(H2,7,8,9,10). The molecule has 0 aliphatic carbocycles. The molecular weight excluding hydrogens is 178 g/mol. The first-order chi connectivity index (χ1) is 5.36. The summed E-state index contributed by atoms with van der Waals surface area (Å²) in [4.78, 5) is 4.18. The molecule has 2 rings (SSSR count). The minimum atomic E-state index is 0.544. The minimum absolute atomic E-state index is 0.544. The molecule has 1 aromatic heterocycles. The molecule has 1 atom stereocenters. The van der Waals surface area contributed by atoms with Crippen LogP contribution in [0.25, 0.3) is 0 Å². The van der Waals surface area contributed by atoms with Gasteiger partial charge in [-0.15, -0.1) is 0 Å². The van der Waals surface area contributed by atoms with Crippen molar-refractivity contribution in [1.82, 2.24) is 15.2 Å². The summed E-state index contributed by atoms with van der Waals surface area (Å²) >= 11 is 6.81. The summed E-state index contributed by atoms with van der Waals surface area (Å²) in [5, 5.41) is 6.34. The Kier molecular flexibility index (Phi) is 2.00. The zero-order chi connectivity index (χ0) is 7.68. The van der Waals surface area contributed by atoms with Gasteiger partial charge < -0.3 is 0 Å². The quantitative estimate of drug-likeness (QED) is 0.661. The predicted octanol–water partition coefficient (Wildman–Crippen LogP) is 2.04. The van der Waals surface area contributed by atoms with Gasteiger partial charge in [-0.3, -0.25) is 10.2 Å². The van der Waals surface area contributed by atoms with Crippen molar-refractivity contribution in [3.8, 4) is 0 Å². The lowest BCUT2D eigenvalue weighted by atomic mass is 10.2. The van der Waals surface area contributed by atoms with Crippen molar-refractivity contribution in [1.29, 1.82) is 0 Å². The molecule has 0 aromatic carbocycles. The lowest BCUT2D eigenvalue weighted by Crippen LogP contribution is -1.90. The Bertz CT molecular complexity index is 284. The number of rotatable bonds is 1. The fourth-order valence-corrected chi connectivity index (χ4v) is 2.60. The van der Waals surface area contributed by atoms with E-state index < -0.39 is 0 Å². The molecule has 1 saturated heterocycles. The molecule has 3 nitrogen and oxygen atoms in total. The highest BCUT2D eigenvalue weighted by atomic mass is 32.2. The van der Waals surface area contributed by atoms with Gasteiger partial charge in [-0.2, -0.15) is 11.8 Å². The lowest BCUT2D eigenvalue weighted by Gasteiger charge is -2.00. The van der Waals surface area contributed by atoms with Crippen molar-refractivity contribution in [2.45, 2.75) is 18.1 Å². The van der Waals surface area contributed by atoms with Crippen molar-refractivity contribution < 1.29 is 0 Å². The highest BCUT2D eigenvalue weighted by Gasteiger charge is 2.19. The number of nitrogens with zero attached hydrogens (tertiary/aromatic N) is 1. The van der Waals surface area contributed by atoms with E-state index in [0.717, 1.165) is 5.82 Å². The topological polar surface area (TPSA) is 44.5 Å². The van der Waals surface area contributed by atoms with E-state index in [1.165, 1.54) is 18.6 Å². The van der Waals surface area contributed by atoms with Gasteiger partial charge in [0.05, 0.1) is 5.25 Å². The molecule has 2 N–H and O–H groups in total. The number of hydrogen-bond acceptors (Lipinski definition) is 3. The molecule has 0 saturated carbocycles. The Hall–Kier alpha value is -0.290. The van der Waals surface area contributed by atoms with E-state index in [9.17, 15) is 0 Å². The summed E-state index contributed by atoms with van der Waals surface area (Å²) in [6.07, 6.45) is 2.52. The molecule has 11 heavy (non-hydrogen) atoms. The molecule has 60 valence electrons. The maximum atomic E-state index is 4.86. The van der Waals surface area contributed by atoms with Crippen LogP contribution in [0.3, 0.4) is 0 Å². The van der Waals surface area contributed by atoms with Crippen LogP contribution in [0.1, 0.15) is 23.9 Å². The number of nitrogens with one attached hydrogen (secondary N) is 2. The van der Waals surface area contributed by atoms with Gasteiger partial charge in [-0.1, -0.05) is 0 Å². The largest absolute Gasteiger partial charge is 0.285 e. The maximum Gasteiger partial charge on any atom is 0.213 e. The smallest absolute Gasteiger partial charge is 0.213 e. The van der Waals surface area contributed by atoms with E-state index in [-0.39, 0.29) is 0 Å². The summed E-state index contributed by atoms with van der Waals surface area (Å²) in [7, 11) is 0. The Morgan fingerprint density at radius 3 is 3.00 bits per heavy atom. The van der Waals surface area contributed by atoms with E-state index in [1.807, 2.05) is 11.8 Å². The third-order valence-corrected chi connectivity index (χ3v) is 3.33. The van der Waals surface area contributed by atoms with E-state index in [2.05, 4.69) is 15.2 Å². The molecule has 0 radical (unpaired) electrons. The van der Waals surface area contributed by atoms with Crippen LogP contribution < -0.4 is 0 Å². The number of aromatic nitrogens is 3. The van der Waals surface area contributed by atoms with Crippen molar-refractivity contribution in [2.24, 2.45) is 0 Å². The minimum Gasteiger partial charge on any atom is -0.285 e. The average molecular weight is 187 g/mol. The Morgan fingerprint density at radius 1 is 1.55 bits per heavy atom. The number of hydrogen-bond donors (Lipinski definition) is 2. The van der Waals surface area contributed by atoms with E-state index in [4.69, 9.17) is 12.2 Å². The summed E-state index contributed by atoms with van der Waals surface area (Å²) in [5.41, 5.74) is 0. The molecule has 1 aliphatic rings. The van der Waals surface area contributed by atoms with E-state index >= 15 is 0 Å². The third-order valence-electron chi connectivity index (χ3n) is 1.75. The first-order valence-electron chi connectivity index (χ1n) is 3.62. The molecular formula is C6H9N3S2. The molecule has 1 unspecified atom stereocenters. The molecule has 0 spiro atoms. The summed E-state index contributed by atoms with van der Waals surface area (Å²) in [5.74, 6) is 2.26. The second kappa shape index (κ2) is 2.98. The van der Waals surface area contributed by atoms with Crippen LogP contribution in [0.2, 0.25) is 0 Å². The highest BCUT2D eigenvalue weighted by molar-refractivity contribution is 7.99. The molecule has 0 bridgehead atoms. The SMILES string of the molecule is S=c1nc(C2CCCS2)[nH][nH]1. The van der Waals surface area contributed by atoms with Crippen molar-refractivity contribution in [3.05, 3.63) is 10.6 Å². The molecule has 1 aliphatic heterocycles. The van der Waals surface area contributed by atoms with Crippen molar-refractivity contribution >= 4 is 24.0 Å². The van der Waals surface area contributed by atoms with E-state index in [0.29, 0.717) is 10.0 Å². The van der Waals surface area contributed by atoms with Crippen LogP contribution in [0.15, 0.2) is 0 Å². The second-order valence-electron chi connectivity index (χ2n) is 2.55. The predicted molar refractivity (Wildman–Crippen MR) is 48.2 cm³/mol. The van der Waals surface area contributed by atoms with E-state index in [1.54, 1.807) is 0 Å². The zero-order valence-corrected chi connectivity index (χ0v) is 7.60. The first-order valence-corrected chi connectivity index (χ1v) is 5.08. The van der Waals surface area contributed by atoms with Crippen molar-refractivity contribution in [3.63, 3.8) is 0 Å². The van der Waals surface area contributed by atoms with Gasteiger partial charge in [0.1, 0.15) is 5.82 Å². The van der Waals surface area contributed by atoms with Gasteiger partial charge in [0.15, 0.2) is 0 Å². The Labute approximate surface area is 74.0 Å². The zero-order valence-electron chi connectivity index (χ0n) is 5.96. The van der Waals surface area contributed by atoms with Gasteiger partial charge in [-0.05, 0) is 30.8 Å². The van der Waals surface area contributed by atoms with Gasteiger partial charge in [-0.25, -0.2) is 4.98 Å². The Balaban J connectivity index is 2.21. The first kappa shape index (κ1) is 7.36. The van der Waals surface area contributed by atoms with Gasteiger partial charge >= 0.3 is 0 Å². The van der Waals surface area contributed by atoms with Crippen LogP contribution in [-0.4, -0.2) is 20.9 Å². The van der Waals surface area contributed by atoms with Crippen LogP contribution in [0.5, 0.6) is 0 Å². The van der Waals surface area contributed by atoms with Gasteiger partial charge in [0.25, 0.3) is 0 Å². The molecule has 1 aromatic rings. The fourth-order valence-electron chi connectivity index (χ4n) is 1.23. The van der Waals surface area contributed by atoms with Gasteiger partial charge in [0.2, 0.25) is 4.77 Å². The normalized spacial score (nSPS) is 24.2. The summed E-state index contributed by atoms with van der Waals surface area (Å²) in [6, 6.07) is 0. The van der Waals surface area contributed by atoms with Crippen LogP contribution in [-0.2, 0) is 0 Å². The van der Waals surface area contributed by atoms with Crippen LogP contribution in [0.4, 0.5) is 0 Å². The lowest BCUT2D eigenvalue weighted by molar-refractivity contribution is 0.781. The van der Waals surface area contributed by atoms with Crippen LogP contribution >= 0.6 is 24.0 Å². The third kappa shape index (κ3) is 1.49. The number of H-pyrrole nitrogens is 2. The Morgan fingerprint density at radius 2 is 2.45 bits per heavy atom. The molecule has 2 heterocycles. The van der Waals surface area contributed by atoms with Crippen LogP contribution in [0, 0.1) is 4.77 Å². The fraction of sp³-hybridized carbons (Fsp3) is 0.667. The second-order valence-corrected chi connectivity index (χ2v) is 4.25.